The molecule has 0 saturated carbocycles. The molecule has 0 spiro atoms. The highest BCUT2D eigenvalue weighted by atomic mass is 19.1. The Hall–Kier alpha value is -0.890. The number of alkyl halides is 1. The van der Waals surface area contributed by atoms with Crippen molar-refractivity contribution in [3.63, 3.8) is 0 Å². The van der Waals surface area contributed by atoms with Crippen LogP contribution in [-0.4, -0.2) is 12.2 Å². The van der Waals surface area contributed by atoms with E-state index in [0.29, 0.717) is 6.42 Å². The zero-order valence-electron chi connectivity index (χ0n) is 10.7. The van der Waals surface area contributed by atoms with E-state index in [0.717, 1.165) is 11.1 Å². The predicted molar refractivity (Wildman–Crippen MR) is 67.2 cm³/mol. The highest BCUT2D eigenvalue weighted by Gasteiger charge is 2.41. The molecule has 1 nitrogen and oxygen atoms in total. The number of aryl methyl sites for hydroxylation is 1. The van der Waals surface area contributed by atoms with E-state index in [-0.39, 0.29) is 6.54 Å². The normalized spacial score (nSPS) is 15.9. The molecule has 2 heteroatoms. The summed E-state index contributed by atoms with van der Waals surface area (Å²) in [6, 6.07) is 7.96. The van der Waals surface area contributed by atoms with E-state index < -0.39 is 11.1 Å². The average Bonchev–Trinajstić information content (AvgIpc) is 2.15. The van der Waals surface area contributed by atoms with Crippen LogP contribution in [0.1, 0.15) is 31.9 Å². The number of hydrogen-bond acceptors (Lipinski definition) is 1. The third kappa shape index (κ3) is 2.82. The topological polar surface area (TPSA) is 26.0 Å². The van der Waals surface area contributed by atoms with Gasteiger partial charge in [0.05, 0.1) is 0 Å². The number of hydrogen-bond donors (Lipinski definition) is 1. The largest absolute Gasteiger partial charge is 0.327 e. The molecule has 0 saturated heterocycles. The van der Waals surface area contributed by atoms with Gasteiger partial charge in [-0.2, -0.15) is 0 Å². The third-order valence-corrected chi connectivity index (χ3v) is 3.23. The maximum Gasteiger partial charge on any atom is 0.132 e. The lowest BCUT2D eigenvalue weighted by atomic mass is 9.74. The molecule has 1 rings (SSSR count). The molecule has 0 aromatic heterocycles. The molecule has 2 N–H and O–H groups in total. The van der Waals surface area contributed by atoms with Crippen LogP contribution in [-0.2, 0) is 6.42 Å². The molecule has 1 atom stereocenters. The molecule has 1 aromatic carbocycles. The van der Waals surface area contributed by atoms with E-state index in [1.807, 2.05) is 52.0 Å². The quantitative estimate of drug-likeness (QED) is 0.836. The molecule has 0 fully saturated rings. The molecule has 1 unspecified atom stereocenters. The standard InChI is InChI=1S/C14H22FN/c1-11-6-5-7-12(8-11)9-14(15,10-16)13(2,3)4/h5-8H,9-10,16H2,1-4H3. The van der Waals surface area contributed by atoms with E-state index in [1.165, 1.54) is 0 Å². The van der Waals surface area contributed by atoms with Crippen LogP contribution in [0.4, 0.5) is 4.39 Å². The molecule has 90 valence electrons. The first-order chi connectivity index (χ1) is 7.28. The van der Waals surface area contributed by atoms with Gasteiger partial charge in [-0.25, -0.2) is 4.39 Å². The summed E-state index contributed by atoms with van der Waals surface area (Å²) in [6.45, 7) is 7.77. The lowest BCUT2D eigenvalue weighted by Crippen LogP contribution is -2.47. The Labute approximate surface area is 97.9 Å². The van der Waals surface area contributed by atoms with Gasteiger partial charge in [0.1, 0.15) is 5.67 Å². The zero-order valence-corrected chi connectivity index (χ0v) is 10.7. The van der Waals surface area contributed by atoms with Crippen molar-refractivity contribution >= 4 is 0 Å². The molecule has 1 aromatic rings. The van der Waals surface area contributed by atoms with Crippen molar-refractivity contribution in [2.45, 2.75) is 39.8 Å². The smallest absolute Gasteiger partial charge is 0.132 e. The summed E-state index contributed by atoms with van der Waals surface area (Å²) < 4.78 is 14.7. The van der Waals surface area contributed by atoms with Gasteiger partial charge >= 0.3 is 0 Å². The second kappa shape index (κ2) is 4.54. The number of benzene rings is 1. The lowest BCUT2D eigenvalue weighted by Gasteiger charge is -2.37. The maximum absolute atomic E-state index is 14.7. The minimum atomic E-state index is -1.35. The van der Waals surface area contributed by atoms with Crippen molar-refractivity contribution in [3.8, 4) is 0 Å². The summed E-state index contributed by atoms with van der Waals surface area (Å²) in [5.41, 5.74) is 5.99. The van der Waals surface area contributed by atoms with Crippen molar-refractivity contribution < 1.29 is 4.39 Å². The van der Waals surface area contributed by atoms with Crippen molar-refractivity contribution in [3.05, 3.63) is 35.4 Å². The summed E-state index contributed by atoms with van der Waals surface area (Å²) >= 11 is 0. The van der Waals surface area contributed by atoms with Gasteiger partial charge in [0.15, 0.2) is 0 Å². The minimum absolute atomic E-state index is 0.0600. The lowest BCUT2D eigenvalue weighted by molar-refractivity contribution is 0.0382. The van der Waals surface area contributed by atoms with E-state index >= 15 is 0 Å². The van der Waals surface area contributed by atoms with E-state index in [4.69, 9.17) is 5.73 Å². The number of nitrogens with two attached hydrogens (primary N) is 1. The molecule has 0 aliphatic carbocycles. The van der Waals surface area contributed by atoms with Gasteiger partial charge in [0.25, 0.3) is 0 Å². The number of rotatable bonds is 3. The highest BCUT2D eigenvalue weighted by molar-refractivity contribution is 5.24. The predicted octanol–water partition coefficient (Wildman–Crippen LogP) is 3.25. The van der Waals surface area contributed by atoms with Crippen molar-refractivity contribution in [1.29, 1.82) is 0 Å². The van der Waals surface area contributed by atoms with E-state index in [2.05, 4.69) is 0 Å². The molecule has 0 bridgehead atoms. The van der Waals surface area contributed by atoms with Crippen LogP contribution >= 0.6 is 0 Å². The second-order valence-corrected chi connectivity index (χ2v) is 5.59. The SMILES string of the molecule is Cc1cccc(CC(F)(CN)C(C)(C)C)c1. The van der Waals surface area contributed by atoms with Crippen molar-refractivity contribution in [1.82, 2.24) is 0 Å². The fourth-order valence-electron chi connectivity index (χ4n) is 1.79. The fourth-order valence-corrected chi connectivity index (χ4v) is 1.79. The van der Waals surface area contributed by atoms with Gasteiger partial charge in [-0.15, -0.1) is 0 Å². The first-order valence-corrected chi connectivity index (χ1v) is 5.73. The Morgan fingerprint density at radius 1 is 1.25 bits per heavy atom. The van der Waals surface area contributed by atoms with Crippen LogP contribution in [0, 0.1) is 12.3 Å². The van der Waals surface area contributed by atoms with Crippen LogP contribution in [0.5, 0.6) is 0 Å². The molecular formula is C14H22FN. The first-order valence-electron chi connectivity index (χ1n) is 5.73. The molecule has 0 radical (unpaired) electrons. The molecule has 0 amide bonds. The Morgan fingerprint density at radius 3 is 2.31 bits per heavy atom. The summed E-state index contributed by atoms with van der Waals surface area (Å²) in [4.78, 5) is 0. The molecule has 0 aliphatic rings. The van der Waals surface area contributed by atoms with Gasteiger partial charge < -0.3 is 5.73 Å². The van der Waals surface area contributed by atoms with Gasteiger partial charge in [-0.1, -0.05) is 50.6 Å². The zero-order chi connectivity index (χ0) is 12.4. The van der Waals surface area contributed by atoms with E-state index in [9.17, 15) is 4.39 Å². The van der Waals surface area contributed by atoms with Crippen molar-refractivity contribution in [2.75, 3.05) is 6.54 Å². The van der Waals surface area contributed by atoms with Crippen LogP contribution < -0.4 is 5.73 Å². The van der Waals surface area contributed by atoms with Crippen LogP contribution in [0.2, 0.25) is 0 Å². The Kier molecular flexibility index (Phi) is 3.74. The van der Waals surface area contributed by atoms with Crippen LogP contribution in [0.3, 0.4) is 0 Å². The minimum Gasteiger partial charge on any atom is -0.327 e. The summed E-state index contributed by atoms with van der Waals surface area (Å²) in [5.74, 6) is 0. The Bertz CT molecular complexity index is 354. The highest BCUT2D eigenvalue weighted by Crippen LogP contribution is 2.36. The number of halogens is 1. The fraction of sp³-hybridized carbons (Fsp3) is 0.571. The van der Waals surface area contributed by atoms with Gasteiger partial charge in [-0.3, -0.25) is 0 Å². The average molecular weight is 223 g/mol. The molecule has 0 aliphatic heterocycles. The monoisotopic (exact) mass is 223 g/mol. The summed E-state index contributed by atoms with van der Waals surface area (Å²) in [7, 11) is 0. The summed E-state index contributed by atoms with van der Waals surface area (Å²) in [6.07, 6.45) is 0.384. The maximum atomic E-state index is 14.7. The second-order valence-electron chi connectivity index (χ2n) is 5.59. The van der Waals surface area contributed by atoms with Crippen molar-refractivity contribution in [2.24, 2.45) is 11.1 Å². The van der Waals surface area contributed by atoms with Gasteiger partial charge in [0, 0.05) is 13.0 Å². The van der Waals surface area contributed by atoms with Gasteiger partial charge in [-0.05, 0) is 17.9 Å². The van der Waals surface area contributed by atoms with Gasteiger partial charge in [0.2, 0.25) is 0 Å². The molecule has 16 heavy (non-hydrogen) atoms. The van der Waals surface area contributed by atoms with Crippen LogP contribution in [0.15, 0.2) is 24.3 Å². The third-order valence-electron chi connectivity index (χ3n) is 3.23. The Morgan fingerprint density at radius 2 is 1.88 bits per heavy atom. The molecular weight excluding hydrogens is 201 g/mol. The Balaban J connectivity index is 2.94. The van der Waals surface area contributed by atoms with Crippen LogP contribution in [0.25, 0.3) is 0 Å². The summed E-state index contributed by atoms with van der Waals surface area (Å²) in [5, 5.41) is 0. The van der Waals surface area contributed by atoms with E-state index in [1.54, 1.807) is 0 Å². The first kappa shape index (κ1) is 13.2. The molecule has 0 heterocycles.